The van der Waals surface area contributed by atoms with E-state index in [1.165, 1.54) is 6.92 Å². The SMILES string of the molecule is CC(=O)Nc1ccc(CC(=O)O[C@@H](C)C(=O)N2c3ccccc3C[C@H]2C)cc1. The van der Waals surface area contributed by atoms with Gasteiger partial charge in [0.2, 0.25) is 5.91 Å². The number of ether oxygens (including phenoxy) is 1. The van der Waals surface area contributed by atoms with Gasteiger partial charge in [-0.15, -0.1) is 0 Å². The predicted molar refractivity (Wildman–Crippen MR) is 107 cm³/mol. The van der Waals surface area contributed by atoms with Gasteiger partial charge in [0.15, 0.2) is 6.10 Å². The highest BCUT2D eigenvalue weighted by Gasteiger charge is 2.34. The van der Waals surface area contributed by atoms with Crippen LogP contribution in [0.4, 0.5) is 11.4 Å². The van der Waals surface area contributed by atoms with Gasteiger partial charge in [-0.3, -0.25) is 14.4 Å². The average Bonchev–Trinajstić information content (AvgIpc) is 2.97. The van der Waals surface area contributed by atoms with Crippen LogP contribution in [0.2, 0.25) is 0 Å². The van der Waals surface area contributed by atoms with Gasteiger partial charge in [-0.05, 0) is 49.6 Å². The van der Waals surface area contributed by atoms with Gasteiger partial charge < -0.3 is 15.0 Å². The molecule has 0 aromatic heterocycles. The third-order valence-corrected chi connectivity index (χ3v) is 4.72. The molecule has 28 heavy (non-hydrogen) atoms. The average molecular weight is 380 g/mol. The summed E-state index contributed by atoms with van der Waals surface area (Å²) in [7, 11) is 0. The maximum Gasteiger partial charge on any atom is 0.311 e. The first-order valence-electron chi connectivity index (χ1n) is 9.32. The second kappa shape index (κ2) is 8.25. The minimum absolute atomic E-state index is 0.0346. The molecule has 146 valence electrons. The summed E-state index contributed by atoms with van der Waals surface area (Å²) in [6.45, 7) is 5.03. The van der Waals surface area contributed by atoms with Gasteiger partial charge >= 0.3 is 5.97 Å². The van der Waals surface area contributed by atoms with E-state index in [4.69, 9.17) is 4.74 Å². The maximum absolute atomic E-state index is 12.9. The Kier molecular flexibility index (Phi) is 5.78. The molecule has 2 atom stereocenters. The number of nitrogens with one attached hydrogen (secondary N) is 1. The maximum atomic E-state index is 12.9. The predicted octanol–water partition coefficient (Wildman–Crippen LogP) is 3.10. The molecule has 2 amide bonds. The first-order chi connectivity index (χ1) is 13.3. The molecule has 3 rings (SSSR count). The number of rotatable bonds is 5. The number of para-hydroxylation sites is 1. The number of nitrogens with zero attached hydrogens (tertiary/aromatic N) is 1. The van der Waals surface area contributed by atoms with Gasteiger partial charge in [0.25, 0.3) is 5.91 Å². The lowest BCUT2D eigenvalue weighted by molar-refractivity contribution is -0.153. The van der Waals surface area contributed by atoms with Crippen molar-refractivity contribution in [2.75, 3.05) is 10.2 Å². The Morgan fingerprint density at radius 3 is 2.50 bits per heavy atom. The van der Waals surface area contributed by atoms with E-state index in [1.54, 1.807) is 36.1 Å². The normalized spacial score (nSPS) is 16.2. The highest BCUT2D eigenvalue weighted by Crippen LogP contribution is 2.32. The van der Waals surface area contributed by atoms with Gasteiger partial charge in [0.05, 0.1) is 6.42 Å². The van der Waals surface area contributed by atoms with Crippen molar-refractivity contribution in [3.8, 4) is 0 Å². The van der Waals surface area contributed by atoms with E-state index < -0.39 is 12.1 Å². The van der Waals surface area contributed by atoms with Crippen LogP contribution in [0.15, 0.2) is 48.5 Å². The van der Waals surface area contributed by atoms with E-state index in [1.807, 2.05) is 31.2 Å². The molecule has 6 nitrogen and oxygen atoms in total. The highest BCUT2D eigenvalue weighted by atomic mass is 16.5. The molecule has 2 aromatic rings. The Bertz CT molecular complexity index is 892. The van der Waals surface area contributed by atoms with Crippen molar-refractivity contribution >= 4 is 29.2 Å². The fraction of sp³-hybridized carbons (Fsp3) is 0.318. The van der Waals surface area contributed by atoms with Crippen molar-refractivity contribution in [2.24, 2.45) is 0 Å². The van der Waals surface area contributed by atoms with Crippen molar-refractivity contribution in [3.05, 3.63) is 59.7 Å². The summed E-state index contributed by atoms with van der Waals surface area (Å²) >= 11 is 0. The summed E-state index contributed by atoms with van der Waals surface area (Å²) in [5.41, 5.74) is 3.42. The van der Waals surface area contributed by atoms with Crippen LogP contribution in [-0.2, 0) is 32.0 Å². The molecule has 0 fully saturated rings. The monoisotopic (exact) mass is 380 g/mol. The van der Waals surface area contributed by atoms with Crippen LogP contribution in [0.3, 0.4) is 0 Å². The van der Waals surface area contributed by atoms with Crippen LogP contribution < -0.4 is 10.2 Å². The standard InChI is InChI=1S/C22H24N2O4/c1-14-12-18-6-4-5-7-20(18)24(14)22(27)15(2)28-21(26)13-17-8-10-19(11-9-17)23-16(3)25/h4-11,14-15H,12-13H2,1-3H3,(H,23,25)/t14-,15+/m1/s1. The van der Waals surface area contributed by atoms with Crippen LogP contribution in [0.5, 0.6) is 0 Å². The number of hydrogen-bond acceptors (Lipinski definition) is 4. The second-order valence-electron chi connectivity index (χ2n) is 7.08. The largest absolute Gasteiger partial charge is 0.452 e. The number of hydrogen-bond donors (Lipinski definition) is 1. The quantitative estimate of drug-likeness (QED) is 0.809. The lowest BCUT2D eigenvalue weighted by Gasteiger charge is -2.26. The fourth-order valence-corrected chi connectivity index (χ4v) is 3.46. The van der Waals surface area contributed by atoms with Crippen molar-refractivity contribution in [3.63, 3.8) is 0 Å². The summed E-state index contributed by atoms with van der Waals surface area (Å²) in [4.78, 5) is 37.9. The van der Waals surface area contributed by atoms with Gasteiger partial charge in [-0.2, -0.15) is 0 Å². The Hall–Kier alpha value is -3.15. The topological polar surface area (TPSA) is 75.7 Å². The van der Waals surface area contributed by atoms with Crippen LogP contribution in [0.25, 0.3) is 0 Å². The molecule has 6 heteroatoms. The third-order valence-electron chi connectivity index (χ3n) is 4.72. The summed E-state index contributed by atoms with van der Waals surface area (Å²) in [5.74, 6) is -0.836. The first kappa shape index (κ1) is 19.6. The number of fused-ring (bicyclic) bond motifs is 1. The zero-order valence-electron chi connectivity index (χ0n) is 16.3. The van der Waals surface area contributed by atoms with E-state index in [0.717, 1.165) is 23.2 Å². The van der Waals surface area contributed by atoms with Crippen molar-refractivity contribution in [1.82, 2.24) is 0 Å². The summed E-state index contributed by atoms with van der Waals surface area (Å²) < 4.78 is 5.39. The van der Waals surface area contributed by atoms with Crippen molar-refractivity contribution in [1.29, 1.82) is 0 Å². The second-order valence-corrected chi connectivity index (χ2v) is 7.08. The molecule has 0 saturated carbocycles. The molecule has 1 aliphatic heterocycles. The van der Waals surface area contributed by atoms with E-state index in [9.17, 15) is 14.4 Å². The Balaban J connectivity index is 1.59. The smallest absolute Gasteiger partial charge is 0.311 e. The zero-order chi connectivity index (χ0) is 20.3. The summed E-state index contributed by atoms with van der Waals surface area (Å²) in [6, 6.07) is 14.8. The molecular formula is C22H24N2O4. The molecule has 1 N–H and O–H groups in total. The molecule has 1 heterocycles. The number of benzene rings is 2. The van der Waals surface area contributed by atoms with Gasteiger partial charge in [0.1, 0.15) is 0 Å². The first-order valence-corrected chi connectivity index (χ1v) is 9.32. The number of amides is 2. The Labute approximate surface area is 164 Å². The molecule has 0 bridgehead atoms. The van der Waals surface area contributed by atoms with Gasteiger partial charge in [-0.1, -0.05) is 30.3 Å². The van der Waals surface area contributed by atoms with E-state index in [2.05, 4.69) is 5.32 Å². The van der Waals surface area contributed by atoms with Gasteiger partial charge in [-0.25, -0.2) is 0 Å². The van der Waals surface area contributed by atoms with E-state index >= 15 is 0 Å². The molecular weight excluding hydrogens is 356 g/mol. The Morgan fingerprint density at radius 2 is 1.82 bits per heavy atom. The highest BCUT2D eigenvalue weighted by molar-refractivity contribution is 5.99. The molecule has 0 radical (unpaired) electrons. The lowest BCUT2D eigenvalue weighted by Crippen LogP contribution is -2.43. The molecule has 2 aromatic carbocycles. The van der Waals surface area contributed by atoms with Crippen LogP contribution in [-0.4, -0.2) is 29.9 Å². The zero-order valence-corrected chi connectivity index (χ0v) is 16.3. The minimum atomic E-state index is -0.861. The van der Waals surface area contributed by atoms with E-state index in [0.29, 0.717) is 5.69 Å². The number of carbonyl (C=O) groups is 3. The third kappa shape index (κ3) is 4.39. The molecule has 0 spiro atoms. The van der Waals surface area contributed by atoms with Crippen LogP contribution in [0.1, 0.15) is 31.9 Å². The molecule has 0 unspecified atom stereocenters. The number of anilines is 2. The van der Waals surface area contributed by atoms with Crippen molar-refractivity contribution in [2.45, 2.75) is 45.8 Å². The summed E-state index contributed by atoms with van der Waals surface area (Å²) in [6.07, 6.45) is -0.00683. The minimum Gasteiger partial charge on any atom is -0.452 e. The van der Waals surface area contributed by atoms with E-state index in [-0.39, 0.29) is 24.3 Å². The van der Waals surface area contributed by atoms with Crippen LogP contribution >= 0.6 is 0 Å². The van der Waals surface area contributed by atoms with Crippen molar-refractivity contribution < 1.29 is 19.1 Å². The molecule has 0 saturated heterocycles. The fourth-order valence-electron chi connectivity index (χ4n) is 3.46. The Morgan fingerprint density at radius 1 is 1.14 bits per heavy atom. The molecule has 1 aliphatic rings. The lowest BCUT2D eigenvalue weighted by atomic mass is 10.1. The van der Waals surface area contributed by atoms with Crippen LogP contribution in [0, 0.1) is 0 Å². The number of esters is 1. The molecule has 0 aliphatic carbocycles. The summed E-state index contributed by atoms with van der Waals surface area (Å²) in [5, 5.41) is 2.67. The van der Waals surface area contributed by atoms with Gasteiger partial charge in [0, 0.05) is 24.3 Å². The number of carbonyl (C=O) groups excluding carboxylic acids is 3.